The van der Waals surface area contributed by atoms with E-state index in [4.69, 9.17) is 15.9 Å². The monoisotopic (exact) mass is 374 g/mol. The number of benzene rings is 1. The molecule has 0 atom stereocenters. The Morgan fingerprint density at radius 1 is 1.19 bits per heavy atom. The highest BCUT2D eigenvalue weighted by Crippen LogP contribution is 2.27. The molecule has 0 radical (unpaired) electrons. The fraction of sp³-hybridized carbons (Fsp3) is 0.571. The quantitative estimate of drug-likeness (QED) is 0.374. The van der Waals surface area contributed by atoms with Crippen LogP contribution in [0.25, 0.3) is 0 Å². The van der Waals surface area contributed by atoms with Gasteiger partial charge in [0.25, 0.3) is 0 Å². The highest BCUT2D eigenvalue weighted by molar-refractivity contribution is 5.79. The maximum atomic E-state index is 5.55. The van der Waals surface area contributed by atoms with E-state index in [0.717, 1.165) is 24.6 Å². The Morgan fingerprint density at radius 3 is 2.44 bits per heavy atom. The largest absolute Gasteiger partial charge is 0.493 e. The topological polar surface area (TPSA) is 58.1 Å². The van der Waals surface area contributed by atoms with Crippen LogP contribution in [-0.2, 0) is 6.54 Å². The fourth-order valence-electron chi connectivity index (χ4n) is 2.89. The number of rotatable bonds is 10. The second-order valence-electron chi connectivity index (χ2n) is 6.76. The summed E-state index contributed by atoms with van der Waals surface area (Å²) < 4.78 is 10.9. The van der Waals surface area contributed by atoms with Crippen molar-refractivity contribution in [3.63, 3.8) is 0 Å². The number of methoxy groups -OCH3 is 1. The minimum Gasteiger partial charge on any atom is -0.493 e. The van der Waals surface area contributed by atoms with Crippen LogP contribution < -0.4 is 20.1 Å². The number of aliphatic imine (C=N–C) groups is 1. The van der Waals surface area contributed by atoms with Gasteiger partial charge in [-0.2, -0.15) is 0 Å². The number of ether oxygens (including phenoxy) is 2. The van der Waals surface area contributed by atoms with Gasteiger partial charge in [0.15, 0.2) is 17.5 Å². The van der Waals surface area contributed by atoms with Crippen LogP contribution >= 0.6 is 0 Å². The van der Waals surface area contributed by atoms with Gasteiger partial charge in [0.1, 0.15) is 6.61 Å². The number of guanidine groups is 1. The first-order valence-electron chi connectivity index (χ1n) is 9.36. The normalized spacial score (nSPS) is 11.6. The summed E-state index contributed by atoms with van der Waals surface area (Å²) in [6.07, 6.45) is 5.27. The lowest BCUT2D eigenvalue weighted by Gasteiger charge is -2.30. The van der Waals surface area contributed by atoms with E-state index in [1.807, 2.05) is 18.2 Å². The molecule has 6 nitrogen and oxygen atoms in total. The Labute approximate surface area is 164 Å². The van der Waals surface area contributed by atoms with E-state index < -0.39 is 0 Å². The molecule has 0 saturated heterocycles. The number of hydrogen-bond donors (Lipinski definition) is 2. The van der Waals surface area contributed by atoms with E-state index >= 15 is 0 Å². The summed E-state index contributed by atoms with van der Waals surface area (Å²) in [7, 11) is 3.38. The van der Waals surface area contributed by atoms with Gasteiger partial charge in [0.05, 0.1) is 7.11 Å². The first-order chi connectivity index (χ1) is 12.9. The predicted octanol–water partition coefficient (Wildman–Crippen LogP) is 2.49. The second-order valence-corrected chi connectivity index (χ2v) is 6.76. The lowest BCUT2D eigenvalue weighted by molar-refractivity contribution is 0.178. The van der Waals surface area contributed by atoms with Gasteiger partial charge in [-0.05, 0) is 45.4 Å². The molecule has 6 heteroatoms. The third-order valence-corrected chi connectivity index (χ3v) is 4.21. The molecule has 0 aromatic heterocycles. The van der Waals surface area contributed by atoms with E-state index in [1.54, 1.807) is 14.2 Å². The summed E-state index contributed by atoms with van der Waals surface area (Å²) in [5.41, 5.74) is 1.05. The molecule has 1 rings (SSSR count). The zero-order valence-electron chi connectivity index (χ0n) is 17.5. The smallest absolute Gasteiger partial charge is 0.191 e. The molecule has 0 fully saturated rings. The number of nitrogens with one attached hydrogen (secondary N) is 2. The summed E-state index contributed by atoms with van der Waals surface area (Å²) >= 11 is 0. The van der Waals surface area contributed by atoms with Crippen molar-refractivity contribution in [2.24, 2.45) is 4.99 Å². The Hall–Kier alpha value is -2.39. The van der Waals surface area contributed by atoms with Gasteiger partial charge in [-0.25, -0.2) is 0 Å². The third kappa shape index (κ3) is 7.79. The van der Waals surface area contributed by atoms with Gasteiger partial charge in [0.2, 0.25) is 0 Å². The van der Waals surface area contributed by atoms with E-state index in [2.05, 4.69) is 54.1 Å². The van der Waals surface area contributed by atoms with Crippen molar-refractivity contribution in [2.45, 2.75) is 46.3 Å². The fourth-order valence-corrected chi connectivity index (χ4v) is 2.89. The second kappa shape index (κ2) is 12.1. The molecule has 0 saturated carbocycles. The molecule has 1 aromatic carbocycles. The highest BCUT2D eigenvalue weighted by Gasteiger charge is 2.12. The number of nitrogens with zero attached hydrogens (tertiary/aromatic N) is 2. The lowest BCUT2D eigenvalue weighted by Crippen LogP contribution is -2.45. The molecule has 0 bridgehead atoms. The number of terminal acetylenes is 1. The van der Waals surface area contributed by atoms with Gasteiger partial charge in [-0.15, -0.1) is 6.42 Å². The average Bonchev–Trinajstić information content (AvgIpc) is 2.65. The summed E-state index contributed by atoms with van der Waals surface area (Å²) in [5.74, 6) is 4.54. The van der Waals surface area contributed by atoms with Crippen LogP contribution in [0.3, 0.4) is 0 Å². The first-order valence-corrected chi connectivity index (χ1v) is 9.36. The summed E-state index contributed by atoms with van der Waals surface area (Å²) in [4.78, 5) is 6.73. The van der Waals surface area contributed by atoms with Crippen molar-refractivity contribution >= 4 is 5.96 Å². The molecule has 0 unspecified atom stereocenters. The van der Waals surface area contributed by atoms with Crippen molar-refractivity contribution in [1.29, 1.82) is 0 Å². The van der Waals surface area contributed by atoms with Crippen LogP contribution in [0.1, 0.15) is 33.3 Å². The average molecular weight is 375 g/mol. The first kappa shape index (κ1) is 22.7. The van der Waals surface area contributed by atoms with E-state index in [1.165, 1.54) is 0 Å². The molecule has 0 aliphatic carbocycles. The zero-order chi connectivity index (χ0) is 20.2. The summed E-state index contributed by atoms with van der Waals surface area (Å²) in [5, 5.41) is 6.69. The van der Waals surface area contributed by atoms with Crippen LogP contribution in [0.2, 0.25) is 0 Å². The highest BCUT2D eigenvalue weighted by atomic mass is 16.5. The Kier molecular flexibility index (Phi) is 10.1. The maximum Gasteiger partial charge on any atom is 0.191 e. The third-order valence-electron chi connectivity index (χ3n) is 4.21. The van der Waals surface area contributed by atoms with Crippen LogP contribution in [-0.4, -0.2) is 56.8 Å². The molecule has 1 aromatic rings. The van der Waals surface area contributed by atoms with Crippen LogP contribution in [0.15, 0.2) is 23.2 Å². The maximum absolute atomic E-state index is 5.55. The van der Waals surface area contributed by atoms with Crippen molar-refractivity contribution in [2.75, 3.05) is 33.9 Å². The standard InChI is InChI=1S/C21H34N4O2/c1-8-13-27-20-14-18(9-10-19(20)26-7)15-24-21(22-6)23-11-12-25(16(2)3)17(4)5/h1,9-10,14,16-17H,11-13,15H2,2-7H3,(H2,22,23,24). The molecular formula is C21H34N4O2. The van der Waals surface area contributed by atoms with Crippen LogP contribution in [0.5, 0.6) is 11.5 Å². The Balaban J connectivity index is 2.58. The number of hydrogen-bond acceptors (Lipinski definition) is 4. The molecule has 0 heterocycles. The molecular weight excluding hydrogens is 340 g/mol. The SMILES string of the molecule is C#CCOc1cc(CNC(=NC)NCCN(C(C)C)C(C)C)ccc1OC. The van der Waals surface area contributed by atoms with E-state index in [-0.39, 0.29) is 6.61 Å². The molecule has 0 aliphatic rings. The van der Waals surface area contributed by atoms with E-state index in [0.29, 0.717) is 30.1 Å². The molecule has 0 amide bonds. The van der Waals surface area contributed by atoms with Gasteiger partial charge in [0, 0.05) is 38.8 Å². The molecule has 0 aliphatic heterocycles. The molecule has 2 N–H and O–H groups in total. The lowest BCUT2D eigenvalue weighted by atomic mass is 10.2. The Morgan fingerprint density at radius 2 is 1.89 bits per heavy atom. The van der Waals surface area contributed by atoms with Gasteiger partial charge >= 0.3 is 0 Å². The summed E-state index contributed by atoms with van der Waals surface area (Å²) in [6, 6.07) is 6.82. The minimum absolute atomic E-state index is 0.207. The summed E-state index contributed by atoms with van der Waals surface area (Å²) in [6.45, 7) is 11.5. The van der Waals surface area contributed by atoms with Crippen LogP contribution in [0, 0.1) is 12.3 Å². The van der Waals surface area contributed by atoms with Gasteiger partial charge in [-0.1, -0.05) is 12.0 Å². The zero-order valence-corrected chi connectivity index (χ0v) is 17.5. The van der Waals surface area contributed by atoms with Gasteiger partial charge < -0.3 is 20.1 Å². The minimum atomic E-state index is 0.207. The predicted molar refractivity (Wildman–Crippen MR) is 113 cm³/mol. The molecule has 150 valence electrons. The van der Waals surface area contributed by atoms with Crippen molar-refractivity contribution < 1.29 is 9.47 Å². The van der Waals surface area contributed by atoms with Crippen LogP contribution in [0.4, 0.5) is 0 Å². The van der Waals surface area contributed by atoms with Crippen molar-refractivity contribution in [1.82, 2.24) is 15.5 Å². The molecule has 27 heavy (non-hydrogen) atoms. The molecule has 0 spiro atoms. The van der Waals surface area contributed by atoms with Crippen molar-refractivity contribution in [3.05, 3.63) is 23.8 Å². The Bertz CT molecular complexity index is 628. The van der Waals surface area contributed by atoms with Crippen molar-refractivity contribution in [3.8, 4) is 23.8 Å². The van der Waals surface area contributed by atoms with Gasteiger partial charge in [-0.3, -0.25) is 9.89 Å². The van der Waals surface area contributed by atoms with E-state index in [9.17, 15) is 0 Å².